The van der Waals surface area contributed by atoms with Crippen molar-refractivity contribution in [1.82, 2.24) is 9.37 Å². The molecule has 3 fully saturated rings. The summed E-state index contributed by atoms with van der Waals surface area (Å²) in [4.78, 5) is 6.81. The Labute approximate surface area is 205 Å². The van der Waals surface area contributed by atoms with E-state index in [9.17, 15) is 8.42 Å². The zero-order chi connectivity index (χ0) is 25.0. The summed E-state index contributed by atoms with van der Waals surface area (Å²) < 4.78 is 41.2. The zero-order valence-corrected chi connectivity index (χ0v) is 22.7. The Morgan fingerprint density at radius 1 is 0.971 bits per heavy atom. The smallest absolute Gasteiger partial charge is 0.243 e. The maximum Gasteiger partial charge on any atom is 0.243 e. The van der Waals surface area contributed by atoms with Crippen molar-refractivity contribution in [3.8, 4) is 0 Å². The van der Waals surface area contributed by atoms with Gasteiger partial charge in [-0.1, -0.05) is 17.7 Å². The van der Waals surface area contributed by atoms with Gasteiger partial charge in [0.25, 0.3) is 0 Å². The topological polar surface area (TPSA) is 68.3 Å². The summed E-state index contributed by atoms with van der Waals surface area (Å²) in [6.45, 7) is 16.2. The summed E-state index contributed by atoms with van der Waals surface area (Å²) in [5.74, 6) is -0.650. The van der Waals surface area contributed by atoms with E-state index in [1.54, 1.807) is 16.4 Å². The first-order valence-electron chi connectivity index (χ1n) is 12.5. The molecule has 0 amide bonds. The molecule has 0 radical (unpaired) electrons. The molecule has 192 valence electrons. The average molecular weight is 495 g/mol. The standard InChI is InChI=1S/C26H42N2O5S/c1-20-9-11-22(12-10-20)34(29,30)27-17-26(18-31-25(6,7)32-19-26)15-21(27)16-33-28-23(2,3)13-8-14-24(28,4)5/h9-12,21H,8,13-19H2,1-7H3/t21-/m0/s1. The van der Waals surface area contributed by atoms with Gasteiger partial charge in [-0.15, -0.1) is 0 Å². The summed E-state index contributed by atoms with van der Waals surface area (Å²) in [6, 6.07) is 6.78. The highest BCUT2D eigenvalue weighted by molar-refractivity contribution is 7.89. The Hall–Kier alpha value is -1.03. The molecule has 0 aliphatic carbocycles. The van der Waals surface area contributed by atoms with Gasteiger partial charge in [0.2, 0.25) is 10.0 Å². The Morgan fingerprint density at radius 2 is 1.53 bits per heavy atom. The Morgan fingerprint density at radius 3 is 2.09 bits per heavy atom. The van der Waals surface area contributed by atoms with Gasteiger partial charge in [-0.3, -0.25) is 4.84 Å². The fourth-order valence-electron chi connectivity index (χ4n) is 5.83. The normalized spacial score (nSPS) is 28.9. The third-order valence-corrected chi connectivity index (χ3v) is 9.63. The second kappa shape index (κ2) is 8.82. The molecule has 1 aromatic rings. The molecule has 1 atom stereocenters. The molecule has 4 rings (SSSR count). The predicted octanol–water partition coefficient (Wildman–Crippen LogP) is 4.50. The van der Waals surface area contributed by atoms with Crippen LogP contribution < -0.4 is 0 Å². The van der Waals surface area contributed by atoms with Crippen LogP contribution in [0.3, 0.4) is 0 Å². The van der Waals surface area contributed by atoms with Crippen molar-refractivity contribution in [1.29, 1.82) is 0 Å². The predicted molar refractivity (Wildman–Crippen MR) is 132 cm³/mol. The van der Waals surface area contributed by atoms with Crippen LogP contribution in [0.15, 0.2) is 29.2 Å². The Bertz CT molecular complexity index is 961. The van der Waals surface area contributed by atoms with Crippen LogP contribution in [0.1, 0.15) is 72.8 Å². The first kappa shape index (κ1) is 26.0. The van der Waals surface area contributed by atoms with Crippen LogP contribution in [0.4, 0.5) is 0 Å². The van der Waals surface area contributed by atoms with Crippen molar-refractivity contribution in [3.63, 3.8) is 0 Å². The Balaban J connectivity index is 1.60. The molecular formula is C26H42N2O5S. The summed E-state index contributed by atoms with van der Waals surface area (Å²) in [5.41, 5.74) is 0.427. The third-order valence-electron chi connectivity index (χ3n) is 7.72. The minimum absolute atomic E-state index is 0.111. The lowest BCUT2D eigenvalue weighted by atomic mass is 9.82. The van der Waals surface area contributed by atoms with E-state index in [1.807, 2.05) is 32.9 Å². The van der Waals surface area contributed by atoms with E-state index in [4.69, 9.17) is 14.3 Å². The number of benzene rings is 1. The third kappa shape index (κ3) is 5.08. The van der Waals surface area contributed by atoms with Crippen LogP contribution in [0.2, 0.25) is 0 Å². The number of piperidine rings is 1. The number of aryl methyl sites for hydroxylation is 1. The van der Waals surface area contributed by atoms with E-state index in [-0.39, 0.29) is 22.5 Å². The molecule has 3 heterocycles. The second-order valence-corrected chi connectivity index (χ2v) is 14.2. The van der Waals surface area contributed by atoms with Crippen molar-refractivity contribution in [2.24, 2.45) is 5.41 Å². The first-order chi connectivity index (χ1) is 15.7. The largest absolute Gasteiger partial charge is 0.350 e. The van der Waals surface area contributed by atoms with E-state index >= 15 is 0 Å². The highest BCUT2D eigenvalue weighted by Gasteiger charge is 2.53. The van der Waals surface area contributed by atoms with Gasteiger partial charge in [0.1, 0.15) is 0 Å². The van der Waals surface area contributed by atoms with Crippen LogP contribution in [0.5, 0.6) is 0 Å². The maximum atomic E-state index is 13.8. The number of hydrogen-bond donors (Lipinski definition) is 0. The number of rotatable bonds is 5. The fraction of sp³-hybridized carbons (Fsp3) is 0.769. The lowest BCUT2D eigenvalue weighted by Crippen LogP contribution is -2.59. The summed E-state index contributed by atoms with van der Waals surface area (Å²) in [6.07, 6.45) is 3.90. The van der Waals surface area contributed by atoms with E-state index in [2.05, 4.69) is 32.8 Å². The van der Waals surface area contributed by atoms with Gasteiger partial charge in [0.15, 0.2) is 5.79 Å². The highest BCUT2D eigenvalue weighted by atomic mass is 32.2. The van der Waals surface area contributed by atoms with Gasteiger partial charge in [-0.05, 0) is 86.3 Å². The van der Waals surface area contributed by atoms with E-state index in [0.717, 1.165) is 24.8 Å². The van der Waals surface area contributed by atoms with Crippen molar-refractivity contribution < 1.29 is 22.7 Å². The van der Waals surface area contributed by atoms with Crippen molar-refractivity contribution in [2.45, 2.75) is 102 Å². The minimum Gasteiger partial charge on any atom is -0.350 e. The quantitative estimate of drug-likeness (QED) is 0.600. The Kier molecular flexibility index (Phi) is 6.75. The average Bonchev–Trinajstić information content (AvgIpc) is 3.09. The molecule has 0 bridgehead atoms. The molecule has 0 unspecified atom stereocenters. The number of hydrogen-bond acceptors (Lipinski definition) is 6. The number of nitrogens with zero attached hydrogens (tertiary/aromatic N) is 2. The molecular weight excluding hydrogens is 452 g/mol. The van der Waals surface area contributed by atoms with E-state index in [1.165, 1.54) is 0 Å². The van der Waals surface area contributed by atoms with E-state index in [0.29, 0.717) is 37.7 Å². The number of sulfonamides is 1. The van der Waals surface area contributed by atoms with Gasteiger partial charge < -0.3 is 9.47 Å². The molecule has 34 heavy (non-hydrogen) atoms. The molecule has 1 spiro atoms. The molecule has 0 N–H and O–H groups in total. The molecule has 1 aromatic carbocycles. The van der Waals surface area contributed by atoms with Gasteiger partial charge in [0, 0.05) is 23.0 Å². The van der Waals surface area contributed by atoms with Crippen LogP contribution in [-0.4, -0.2) is 67.1 Å². The first-order valence-corrected chi connectivity index (χ1v) is 13.9. The summed E-state index contributed by atoms with van der Waals surface area (Å²) in [7, 11) is -3.70. The maximum absolute atomic E-state index is 13.8. The minimum atomic E-state index is -3.70. The van der Waals surface area contributed by atoms with Crippen LogP contribution in [0, 0.1) is 12.3 Å². The molecule has 7 nitrogen and oxygen atoms in total. The molecule has 3 aliphatic rings. The monoisotopic (exact) mass is 494 g/mol. The van der Waals surface area contributed by atoms with Crippen molar-refractivity contribution in [3.05, 3.63) is 29.8 Å². The fourth-order valence-corrected chi connectivity index (χ4v) is 7.55. The van der Waals surface area contributed by atoms with Crippen molar-refractivity contribution >= 4 is 10.0 Å². The number of hydroxylamine groups is 2. The lowest BCUT2D eigenvalue weighted by molar-refractivity contribution is -0.288. The van der Waals surface area contributed by atoms with Crippen molar-refractivity contribution in [2.75, 3.05) is 26.4 Å². The molecule has 3 saturated heterocycles. The summed E-state index contributed by atoms with van der Waals surface area (Å²) >= 11 is 0. The highest BCUT2D eigenvalue weighted by Crippen LogP contribution is 2.44. The van der Waals surface area contributed by atoms with Gasteiger partial charge >= 0.3 is 0 Å². The number of ether oxygens (including phenoxy) is 2. The zero-order valence-electron chi connectivity index (χ0n) is 21.9. The van der Waals surface area contributed by atoms with E-state index < -0.39 is 15.8 Å². The summed E-state index contributed by atoms with van der Waals surface area (Å²) in [5, 5.41) is 2.11. The SMILES string of the molecule is Cc1ccc(S(=O)(=O)N2CC3(COC(C)(C)OC3)C[C@H]2CON2C(C)(C)CCCC2(C)C)cc1. The van der Waals surface area contributed by atoms with Gasteiger partial charge in [-0.2, -0.15) is 9.37 Å². The van der Waals surface area contributed by atoms with Crippen LogP contribution in [-0.2, 0) is 24.3 Å². The molecule has 3 aliphatic heterocycles. The van der Waals surface area contributed by atoms with Crippen LogP contribution >= 0.6 is 0 Å². The molecule has 0 saturated carbocycles. The van der Waals surface area contributed by atoms with Gasteiger partial charge in [0.05, 0.1) is 30.8 Å². The van der Waals surface area contributed by atoms with Crippen LogP contribution in [0.25, 0.3) is 0 Å². The second-order valence-electron chi connectivity index (χ2n) is 12.3. The van der Waals surface area contributed by atoms with Gasteiger partial charge in [-0.25, -0.2) is 8.42 Å². The lowest BCUT2D eigenvalue weighted by Gasteiger charge is -2.51. The molecule has 0 aromatic heterocycles. The molecule has 8 heteroatoms.